The molecule has 0 spiro atoms. The molecule has 0 saturated heterocycles. The van der Waals surface area contributed by atoms with Crippen molar-refractivity contribution in [3.05, 3.63) is 59.7 Å². The Hall–Kier alpha value is -1.63. The van der Waals surface area contributed by atoms with E-state index in [1.807, 2.05) is 42.7 Å². The molecule has 0 aliphatic carbocycles. The molecule has 0 amide bonds. The van der Waals surface area contributed by atoms with Crippen molar-refractivity contribution in [2.45, 2.75) is 25.7 Å². The molecule has 0 radical (unpaired) electrons. The maximum atomic E-state index is 10.7. The van der Waals surface area contributed by atoms with E-state index in [-0.39, 0.29) is 0 Å². The molecule has 1 atom stereocenters. The van der Waals surface area contributed by atoms with E-state index < -0.39 is 10.5 Å². The van der Waals surface area contributed by atoms with Crippen LogP contribution in [0.4, 0.5) is 0 Å². The summed E-state index contributed by atoms with van der Waals surface area (Å²) >= 11 is 0. The summed E-state index contributed by atoms with van der Waals surface area (Å²) in [7, 11) is -0.432. The molecule has 100 valence electrons. The molecule has 19 heavy (non-hydrogen) atoms. The van der Waals surface area contributed by atoms with Crippen LogP contribution >= 0.6 is 10.5 Å². The summed E-state index contributed by atoms with van der Waals surface area (Å²) in [5, 5.41) is 2.04. The maximum Gasteiger partial charge on any atom is 0.160 e. The first-order valence-electron chi connectivity index (χ1n) is 6.20. The summed E-state index contributed by atoms with van der Waals surface area (Å²) in [4.78, 5) is 11.7. The van der Waals surface area contributed by atoms with Gasteiger partial charge in [-0.15, -0.1) is 0 Å². The van der Waals surface area contributed by atoms with Crippen molar-refractivity contribution in [1.29, 1.82) is 0 Å². The van der Waals surface area contributed by atoms with Crippen molar-refractivity contribution in [2.24, 2.45) is 0 Å². The zero-order valence-corrected chi connectivity index (χ0v) is 12.8. The molecule has 1 nitrogen and oxygen atoms in total. The molecule has 0 heterocycles. The molecule has 0 fully saturated rings. The smallest absolute Gasteiger partial charge is 0.160 e. The first kappa shape index (κ1) is 15.4. The Bertz CT molecular complexity index is 564. The number of rotatable bonds is 4. The molecule has 1 rings (SSSR count). The average Bonchev–Trinajstić information content (AvgIpc) is 2.42. The molecular weight excluding hydrogens is 252 g/mol. The first-order valence-corrected chi connectivity index (χ1v) is 7.84. The van der Waals surface area contributed by atoms with E-state index in [9.17, 15) is 4.79 Å². The lowest BCUT2D eigenvalue weighted by molar-refractivity contribution is 0.572. The SMILES string of the molecule is C/C=C\C=C(/C=C(C)C)c1ccc(S(C)=C=O)cc1. The van der Waals surface area contributed by atoms with Crippen LogP contribution in [0.5, 0.6) is 0 Å². The Labute approximate surface area is 118 Å². The summed E-state index contributed by atoms with van der Waals surface area (Å²) in [6, 6.07) is 8.13. The second-order valence-corrected chi connectivity index (χ2v) is 6.15. The van der Waals surface area contributed by atoms with Crippen molar-refractivity contribution >= 4 is 21.3 Å². The monoisotopic (exact) mass is 272 g/mol. The summed E-state index contributed by atoms with van der Waals surface area (Å²) in [5.74, 6) is 0. The highest BCUT2D eigenvalue weighted by atomic mass is 32.2. The minimum atomic E-state index is -0.432. The average molecular weight is 272 g/mol. The molecule has 0 saturated carbocycles. The van der Waals surface area contributed by atoms with E-state index in [4.69, 9.17) is 0 Å². The van der Waals surface area contributed by atoms with Crippen LogP contribution in [0, 0.1) is 0 Å². The van der Waals surface area contributed by atoms with Gasteiger partial charge in [0.25, 0.3) is 0 Å². The van der Waals surface area contributed by atoms with Crippen molar-refractivity contribution < 1.29 is 4.79 Å². The van der Waals surface area contributed by atoms with Gasteiger partial charge in [0.2, 0.25) is 0 Å². The molecule has 0 aromatic heterocycles. The van der Waals surface area contributed by atoms with E-state index in [0.717, 1.165) is 10.5 Å². The van der Waals surface area contributed by atoms with Crippen molar-refractivity contribution in [2.75, 3.05) is 6.26 Å². The van der Waals surface area contributed by atoms with Gasteiger partial charge in [-0.3, -0.25) is 0 Å². The predicted octanol–water partition coefficient (Wildman–Crippen LogP) is 4.94. The fraction of sp³-hybridized carbons (Fsp3) is 0.235. The van der Waals surface area contributed by atoms with Gasteiger partial charge in [-0.1, -0.05) is 52.5 Å². The van der Waals surface area contributed by atoms with Gasteiger partial charge in [-0.05, 0) is 50.3 Å². The van der Waals surface area contributed by atoms with Crippen LogP contribution in [-0.2, 0) is 4.79 Å². The third-order valence-corrected chi connectivity index (χ3v) is 3.81. The topological polar surface area (TPSA) is 17.1 Å². The second kappa shape index (κ2) is 7.73. The lowest BCUT2D eigenvalue weighted by Crippen LogP contribution is -1.83. The van der Waals surface area contributed by atoms with Gasteiger partial charge < -0.3 is 0 Å². The Morgan fingerprint density at radius 2 is 1.84 bits per heavy atom. The highest BCUT2D eigenvalue weighted by Crippen LogP contribution is 2.24. The quantitative estimate of drug-likeness (QED) is 0.560. The Balaban J connectivity index is 3.18. The maximum absolute atomic E-state index is 10.7. The van der Waals surface area contributed by atoms with Gasteiger partial charge in [0, 0.05) is 4.90 Å². The van der Waals surface area contributed by atoms with Gasteiger partial charge in [-0.2, -0.15) is 0 Å². The third-order valence-electron chi connectivity index (χ3n) is 2.58. The molecule has 1 aromatic carbocycles. The Morgan fingerprint density at radius 1 is 1.21 bits per heavy atom. The largest absolute Gasteiger partial charge is 0.226 e. The van der Waals surface area contributed by atoms with Gasteiger partial charge in [0.15, 0.2) is 5.23 Å². The highest BCUT2D eigenvalue weighted by Gasteiger charge is 2.00. The normalized spacial score (nSPS) is 13.2. The molecule has 0 bridgehead atoms. The van der Waals surface area contributed by atoms with Crippen LogP contribution in [0.3, 0.4) is 0 Å². The summed E-state index contributed by atoms with van der Waals surface area (Å²) < 4.78 is 0. The number of allylic oxidation sites excluding steroid dienone is 6. The summed E-state index contributed by atoms with van der Waals surface area (Å²) in [6.07, 6.45) is 10.2. The van der Waals surface area contributed by atoms with Gasteiger partial charge in [0.1, 0.15) is 0 Å². The van der Waals surface area contributed by atoms with Crippen LogP contribution in [0.1, 0.15) is 26.3 Å². The van der Waals surface area contributed by atoms with Gasteiger partial charge in [0.05, 0.1) is 0 Å². The Morgan fingerprint density at radius 3 is 2.32 bits per heavy atom. The Kier molecular flexibility index (Phi) is 6.27. The fourth-order valence-corrected chi connectivity index (χ4v) is 2.28. The first-order chi connectivity index (χ1) is 9.08. The van der Waals surface area contributed by atoms with Crippen LogP contribution in [0.15, 0.2) is 59.0 Å². The molecule has 0 N–H and O–H groups in total. The molecule has 2 heteroatoms. The molecule has 0 aliphatic rings. The van der Waals surface area contributed by atoms with Gasteiger partial charge >= 0.3 is 0 Å². The predicted molar refractivity (Wildman–Crippen MR) is 86.1 cm³/mol. The van der Waals surface area contributed by atoms with Crippen LogP contribution < -0.4 is 0 Å². The molecule has 1 unspecified atom stereocenters. The van der Waals surface area contributed by atoms with Crippen molar-refractivity contribution in [1.82, 2.24) is 0 Å². The number of benzene rings is 1. The van der Waals surface area contributed by atoms with E-state index in [0.29, 0.717) is 0 Å². The number of hydrogen-bond acceptors (Lipinski definition) is 1. The van der Waals surface area contributed by atoms with Crippen LogP contribution in [-0.4, -0.2) is 11.5 Å². The van der Waals surface area contributed by atoms with Crippen molar-refractivity contribution in [3.8, 4) is 0 Å². The zero-order valence-electron chi connectivity index (χ0n) is 11.9. The zero-order chi connectivity index (χ0) is 14.3. The van der Waals surface area contributed by atoms with E-state index in [2.05, 4.69) is 38.1 Å². The van der Waals surface area contributed by atoms with E-state index in [1.165, 1.54) is 11.1 Å². The molecular formula is C17H20OS. The standard InChI is InChI=1S/C17H20OS/c1-5-6-7-16(12-14(2)3)15-8-10-17(11-9-15)19(4)13-18/h5-12H,1-4H3/b6-5-,16-7+. The molecule has 1 aromatic rings. The van der Waals surface area contributed by atoms with Crippen molar-refractivity contribution in [3.63, 3.8) is 0 Å². The number of carbonyl (C=O) groups excluding carboxylic acids is 1. The van der Waals surface area contributed by atoms with Crippen LogP contribution in [0.25, 0.3) is 5.57 Å². The minimum absolute atomic E-state index is 0.432. The van der Waals surface area contributed by atoms with E-state index >= 15 is 0 Å². The minimum Gasteiger partial charge on any atom is -0.226 e. The van der Waals surface area contributed by atoms with Crippen LogP contribution in [0.2, 0.25) is 0 Å². The number of hydrogen-bond donors (Lipinski definition) is 0. The lowest BCUT2D eigenvalue weighted by Gasteiger charge is -2.05. The highest BCUT2D eigenvalue weighted by molar-refractivity contribution is 8.13. The lowest BCUT2D eigenvalue weighted by atomic mass is 10.0. The fourth-order valence-electron chi connectivity index (χ4n) is 1.64. The molecule has 0 aliphatic heterocycles. The summed E-state index contributed by atoms with van der Waals surface area (Å²) in [6.45, 7) is 6.17. The third kappa shape index (κ3) is 4.86. The summed E-state index contributed by atoms with van der Waals surface area (Å²) in [5.41, 5.74) is 3.60. The van der Waals surface area contributed by atoms with Gasteiger partial charge in [-0.25, -0.2) is 4.79 Å². The van der Waals surface area contributed by atoms with E-state index in [1.54, 1.807) is 0 Å². The second-order valence-electron chi connectivity index (χ2n) is 4.49.